The first kappa shape index (κ1) is 12.4. The van der Waals surface area contributed by atoms with Crippen molar-refractivity contribution in [1.82, 2.24) is 0 Å². The Balaban J connectivity index is 2.31. The molecular weight excluding hydrogens is 228 g/mol. The molecule has 0 amide bonds. The highest BCUT2D eigenvalue weighted by molar-refractivity contribution is 5.81. The van der Waals surface area contributed by atoms with E-state index in [0.717, 1.165) is 28.9 Å². The molecular formula is C15H16O3. The maximum absolute atomic E-state index is 11.1. The van der Waals surface area contributed by atoms with E-state index >= 15 is 0 Å². The molecule has 0 unspecified atom stereocenters. The van der Waals surface area contributed by atoms with Gasteiger partial charge in [0.15, 0.2) is 0 Å². The summed E-state index contributed by atoms with van der Waals surface area (Å²) in [6.07, 6.45) is 2.51. The molecule has 3 nitrogen and oxygen atoms in total. The number of esters is 1. The van der Waals surface area contributed by atoms with Crippen molar-refractivity contribution in [1.29, 1.82) is 0 Å². The van der Waals surface area contributed by atoms with Crippen LogP contribution >= 0.6 is 0 Å². The summed E-state index contributed by atoms with van der Waals surface area (Å²) in [6.45, 7) is 7.46. The lowest BCUT2D eigenvalue weighted by Crippen LogP contribution is -1.99. The number of benzene rings is 1. The van der Waals surface area contributed by atoms with Gasteiger partial charge in [0.25, 0.3) is 0 Å². The van der Waals surface area contributed by atoms with Gasteiger partial charge in [0.05, 0.1) is 0 Å². The van der Waals surface area contributed by atoms with Crippen LogP contribution in [-0.4, -0.2) is 12.6 Å². The first-order valence-corrected chi connectivity index (χ1v) is 5.87. The fraction of sp³-hybridized carbons (Fsp3) is 0.267. The largest absolute Gasteiger partial charge is 0.490 e. The van der Waals surface area contributed by atoms with E-state index in [1.54, 1.807) is 6.08 Å². The Morgan fingerprint density at radius 3 is 2.94 bits per heavy atom. The van der Waals surface area contributed by atoms with E-state index in [1.807, 2.05) is 25.1 Å². The predicted molar refractivity (Wildman–Crippen MR) is 70.2 cm³/mol. The van der Waals surface area contributed by atoms with Gasteiger partial charge >= 0.3 is 5.97 Å². The van der Waals surface area contributed by atoms with Crippen LogP contribution in [0.1, 0.15) is 25.0 Å². The van der Waals surface area contributed by atoms with Crippen molar-refractivity contribution in [3.63, 3.8) is 0 Å². The molecule has 0 atom stereocenters. The van der Waals surface area contributed by atoms with E-state index in [9.17, 15) is 4.79 Å². The highest BCUT2D eigenvalue weighted by atomic mass is 16.5. The van der Waals surface area contributed by atoms with E-state index in [4.69, 9.17) is 9.47 Å². The second-order valence-corrected chi connectivity index (χ2v) is 4.30. The molecule has 0 radical (unpaired) electrons. The molecule has 3 heteroatoms. The van der Waals surface area contributed by atoms with Gasteiger partial charge in [-0.15, -0.1) is 0 Å². The molecule has 1 aromatic carbocycles. The smallest absolute Gasteiger partial charge is 0.308 e. The maximum Gasteiger partial charge on any atom is 0.308 e. The Morgan fingerprint density at radius 2 is 2.28 bits per heavy atom. The molecule has 1 aromatic rings. The SMILES string of the molecule is C=CCOc1ccc2c(c1)C(OC(C)=O)=C(C)C2. The molecule has 1 aliphatic rings. The van der Waals surface area contributed by atoms with E-state index in [-0.39, 0.29) is 5.97 Å². The number of fused-ring (bicyclic) bond motifs is 1. The van der Waals surface area contributed by atoms with Crippen LogP contribution in [0.25, 0.3) is 5.76 Å². The molecule has 0 heterocycles. The fourth-order valence-corrected chi connectivity index (χ4v) is 2.05. The molecule has 0 aromatic heterocycles. The quantitative estimate of drug-likeness (QED) is 0.603. The van der Waals surface area contributed by atoms with Gasteiger partial charge in [-0.2, -0.15) is 0 Å². The van der Waals surface area contributed by atoms with Crippen LogP contribution in [0.2, 0.25) is 0 Å². The van der Waals surface area contributed by atoms with E-state index in [1.165, 1.54) is 6.92 Å². The number of hydrogen-bond acceptors (Lipinski definition) is 3. The van der Waals surface area contributed by atoms with Gasteiger partial charge in [-0.25, -0.2) is 0 Å². The number of hydrogen-bond donors (Lipinski definition) is 0. The average molecular weight is 244 g/mol. The Morgan fingerprint density at radius 1 is 1.50 bits per heavy atom. The van der Waals surface area contributed by atoms with Crippen molar-refractivity contribution < 1.29 is 14.3 Å². The van der Waals surface area contributed by atoms with Crippen molar-refractivity contribution >= 4 is 11.7 Å². The van der Waals surface area contributed by atoms with Crippen molar-refractivity contribution in [3.05, 3.63) is 47.6 Å². The highest BCUT2D eigenvalue weighted by Crippen LogP contribution is 2.35. The second kappa shape index (κ2) is 5.08. The normalized spacial score (nSPS) is 13.2. The number of carbonyl (C=O) groups excluding carboxylic acids is 1. The van der Waals surface area contributed by atoms with Crippen molar-refractivity contribution in [2.24, 2.45) is 0 Å². The third-order valence-corrected chi connectivity index (χ3v) is 2.78. The molecule has 0 fully saturated rings. The lowest BCUT2D eigenvalue weighted by atomic mass is 10.1. The molecule has 0 saturated heterocycles. The minimum Gasteiger partial charge on any atom is -0.490 e. The van der Waals surface area contributed by atoms with Crippen molar-refractivity contribution in [3.8, 4) is 5.75 Å². The topological polar surface area (TPSA) is 35.5 Å². The summed E-state index contributed by atoms with van der Waals surface area (Å²) in [5.41, 5.74) is 3.18. The van der Waals surface area contributed by atoms with Gasteiger partial charge in [0, 0.05) is 12.5 Å². The summed E-state index contributed by atoms with van der Waals surface area (Å²) < 4.78 is 10.8. The summed E-state index contributed by atoms with van der Waals surface area (Å²) >= 11 is 0. The molecule has 18 heavy (non-hydrogen) atoms. The summed E-state index contributed by atoms with van der Waals surface area (Å²) in [4.78, 5) is 11.1. The van der Waals surface area contributed by atoms with Gasteiger partial charge in [-0.1, -0.05) is 18.7 Å². The summed E-state index contributed by atoms with van der Waals surface area (Å²) in [5.74, 6) is 1.13. The van der Waals surface area contributed by atoms with Crippen LogP contribution in [0.4, 0.5) is 0 Å². The van der Waals surface area contributed by atoms with Crippen LogP contribution in [0, 0.1) is 0 Å². The molecule has 0 bridgehead atoms. The Hall–Kier alpha value is -2.03. The molecule has 2 rings (SSSR count). The molecule has 0 N–H and O–H groups in total. The lowest BCUT2D eigenvalue weighted by Gasteiger charge is -2.09. The first-order chi connectivity index (χ1) is 8.61. The summed E-state index contributed by atoms with van der Waals surface area (Å²) in [7, 11) is 0. The first-order valence-electron chi connectivity index (χ1n) is 5.87. The van der Waals surface area contributed by atoms with Crippen LogP contribution in [0.15, 0.2) is 36.4 Å². The Labute approximate surface area is 107 Å². The second-order valence-electron chi connectivity index (χ2n) is 4.30. The van der Waals surface area contributed by atoms with Crippen molar-refractivity contribution in [2.45, 2.75) is 20.3 Å². The number of rotatable bonds is 4. The minimum absolute atomic E-state index is 0.297. The maximum atomic E-state index is 11.1. The fourth-order valence-electron chi connectivity index (χ4n) is 2.05. The predicted octanol–water partition coefficient (Wildman–Crippen LogP) is 3.10. The average Bonchev–Trinajstić information content (AvgIpc) is 2.63. The van der Waals surface area contributed by atoms with Crippen LogP contribution < -0.4 is 4.74 Å². The van der Waals surface area contributed by atoms with Crippen LogP contribution in [0.5, 0.6) is 5.75 Å². The van der Waals surface area contributed by atoms with Gasteiger partial charge in [0.2, 0.25) is 0 Å². The third-order valence-electron chi connectivity index (χ3n) is 2.78. The van der Waals surface area contributed by atoms with Gasteiger partial charge in [0.1, 0.15) is 18.1 Å². The number of allylic oxidation sites excluding steroid dienone is 1. The van der Waals surface area contributed by atoms with Crippen molar-refractivity contribution in [2.75, 3.05) is 6.61 Å². The number of carbonyl (C=O) groups is 1. The standard InChI is InChI=1S/C15H16O3/c1-4-7-17-13-6-5-12-8-10(2)15(14(12)9-13)18-11(3)16/h4-6,9H,1,7-8H2,2-3H3. The van der Waals surface area contributed by atoms with E-state index < -0.39 is 0 Å². The van der Waals surface area contributed by atoms with E-state index in [0.29, 0.717) is 12.4 Å². The Bertz CT molecular complexity index is 527. The number of ether oxygens (including phenoxy) is 2. The summed E-state index contributed by atoms with van der Waals surface area (Å²) in [6, 6.07) is 5.84. The zero-order valence-electron chi connectivity index (χ0n) is 10.7. The minimum atomic E-state index is -0.297. The molecule has 94 valence electrons. The molecule has 0 spiro atoms. The van der Waals surface area contributed by atoms with Gasteiger partial charge in [-0.05, 0) is 36.6 Å². The zero-order chi connectivity index (χ0) is 13.1. The van der Waals surface area contributed by atoms with Crippen LogP contribution in [-0.2, 0) is 16.0 Å². The molecule has 1 aliphatic carbocycles. The van der Waals surface area contributed by atoms with E-state index in [2.05, 4.69) is 6.58 Å². The molecule has 0 aliphatic heterocycles. The van der Waals surface area contributed by atoms with Gasteiger partial charge in [-0.3, -0.25) is 4.79 Å². The van der Waals surface area contributed by atoms with Crippen LogP contribution in [0.3, 0.4) is 0 Å². The molecule has 0 saturated carbocycles. The zero-order valence-corrected chi connectivity index (χ0v) is 10.7. The van der Waals surface area contributed by atoms with Gasteiger partial charge < -0.3 is 9.47 Å². The highest BCUT2D eigenvalue weighted by Gasteiger charge is 2.22. The third kappa shape index (κ3) is 2.45. The lowest BCUT2D eigenvalue weighted by molar-refractivity contribution is -0.134. The Kier molecular flexibility index (Phi) is 3.51. The summed E-state index contributed by atoms with van der Waals surface area (Å²) in [5, 5.41) is 0. The monoisotopic (exact) mass is 244 g/mol.